The summed E-state index contributed by atoms with van der Waals surface area (Å²) in [6, 6.07) is 13.7. The Morgan fingerprint density at radius 1 is 0.870 bits per heavy atom. The lowest BCUT2D eigenvalue weighted by Crippen LogP contribution is -2.50. The number of ether oxygens (including phenoxy) is 1. The molecular weight excluding hydrogens is 643 g/mol. The second-order valence-electron chi connectivity index (χ2n) is 12.2. The highest BCUT2D eigenvalue weighted by molar-refractivity contribution is 7.92. The van der Waals surface area contributed by atoms with E-state index in [0.717, 1.165) is 53.3 Å². The summed E-state index contributed by atoms with van der Waals surface area (Å²) in [5, 5.41) is 7.88. The van der Waals surface area contributed by atoms with Crippen LogP contribution >= 0.6 is 11.3 Å². The zero-order chi connectivity index (χ0) is 33.6. The van der Waals surface area contributed by atoms with Crippen molar-refractivity contribution in [1.29, 1.82) is 0 Å². The number of carbonyl (C=O) groups is 1. The first-order valence-corrected chi connectivity index (χ1v) is 20.8. The fourth-order valence-electron chi connectivity index (χ4n) is 5.73. The van der Waals surface area contributed by atoms with Gasteiger partial charge in [-0.1, -0.05) is 114 Å². The van der Waals surface area contributed by atoms with Gasteiger partial charge in [0, 0.05) is 19.9 Å². The number of nitrogens with two attached hydrogens (primary N) is 1. The molecule has 3 rings (SSSR count). The number of amides is 1. The maximum Gasteiger partial charge on any atom is 0.248 e. The van der Waals surface area contributed by atoms with Gasteiger partial charge in [-0.15, -0.1) is 11.3 Å². The Kier molecular flexibility index (Phi) is 15.1. The summed E-state index contributed by atoms with van der Waals surface area (Å²) >= 11 is 1.19. The Bertz CT molecular complexity index is 1600. The molecule has 1 unspecified atom stereocenters. The van der Waals surface area contributed by atoms with Crippen LogP contribution in [0.15, 0.2) is 42.5 Å². The van der Waals surface area contributed by atoms with Crippen LogP contribution in [0.5, 0.6) is 0 Å². The first kappa shape index (κ1) is 38.1. The number of aromatic nitrogens is 1. The molecule has 0 spiro atoms. The second-order valence-corrected chi connectivity index (χ2v) is 17.2. The molecule has 0 bridgehead atoms. The molecule has 46 heavy (non-hydrogen) atoms. The van der Waals surface area contributed by atoms with E-state index in [4.69, 9.17) is 14.9 Å². The van der Waals surface area contributed by atoms with E-state index in [0.29, 0.717) is 18.5 Å². The maximum atomic E-state index is 13.8. The maximum absolute atomic E-state index is 13.8. The van der Waals surface area contributed by atoms with Gasteiger partial charge in [-0.25, -0.2) is 27.0 Å². The van der Waals surface area contributed by atoms with E-state index in [9.17, 15) is 21.6 Å². The minimum Gasteiger partial charge on any atom is -0.380 e. The van der Waals surface area contributed by atoms with Crippen LogP contribution < -0.4 is 10.5 Å². The first-order valence-electron chi connectivity index (χ1n) is 16.4. The number of rotatable bonds is 22. The van der Waals surface area contributed by atoms with Crippen LogP contribution in [0.25, 0.3) is 21.3 Å². The van der Waals surface area contributed by atoms with E-state index in [2.05, 4.69) is 12.2 Å². The topological polar surface area (TPSA) is 146 Å². The third-order valence-corrected chi connectivity index (χ3v) is 12.3. The molecule has 0 aliphatic heterocycles. The Hall–Kier alpha value is -2.38. The van der Waals surface area contributed by atoms with Crippen LogP contribution in [0.3, 0.4) is 0 Å². The lowest BCUT2D eigenvalue weighted by atomic mass is 9.98. The number of fused-ring (bicyclic) bond motifs is 1. The quantitative estimate of drug-likeness (QED) is 0.110. The number of hydrogen-bond donors (Lipinski definition) is 2. The summed E-state index contributed by atoms with van der Waals surface area (Å²) in [5.74, 6) is -1.27. The zero-order valence-electron chi connectivity index (χ0n) is 27.6. The molecule has 1 aromatic heterocycles. The molecule has 0 aliphatic rings. The van der Waals surface area contributed by atoms with Crippen LogP contribution in [0, 0.1) is 0 Å². The first-order chi connectivity index (χ1) is 21.9. The van der Waals surface area contributed by atoms with Gasteiger partial charge in [-0.2, -0.15) is 0 Å². The van der Waals surface area contributed by atoms with Crippen molar-refractivity contribution in [2.45, 2.75) is 102 Å². The Morgan fingerprint density at radius 3 is 1.98 bits per heavy atom. The van der Waals surface area contributed by atoms with Gasteiger partial charge in [0.15, 0.2) is 9.84 Å². The molecule has 0 aliphatic carbocycles. The minimum absolute atomic E-state index is 0.0537. The van der Waals surface area contributed by atoms with Crippen molar-refractivity contribution >= 4 is 47.3 Å². The monoisotopic (exact) mass is 693 g/mol. The van der Waals surface area contributed by atoms with Gasteiger partial charge in [0.25, 0.3) is 0 Å². The third-order valence-electron chi connectivity index (χ3n) is 8.39. The largest absolute Gasteiger partial charge is 0.380 e. The highest BCUT2D eigenvalue weighted by Crippen LogP contribution is 2.41. The van der Waals surface area contributed by atoms with Crippen molar-refractivity contribution in [3.63, 3.8) is 0 Å². The van der Waals surface area contributed by atoms with Crippen molar-refractivity contribution in [3.8, 4) is 11.1 Å². The average molecular weight is 694 g/mol. The van der Waals surface area contributed by atoms with Crippen molar-refractivity contribution in [2.75, 3.05) is 25.7 Å². The molecule has 1 amide bonds. The molecule has 1 atom stereocenters. The molecule has 1 heterocycles. The van der Waals surface area contributed by atoms with Crippen molar-refractivity contribution in [2.24, 2.45) is 5.14 Å². The van der Waals surface area contributed by atoms with E-state index < -0.39 is 36.3 Å². The Morgan fingerprint density at radius 2 is 1.43 bits per heavy atom. The molecular formula is C34H51N3O6S3. The average Bonchev–Trinajstić information content (AvgIpc) is 3.42. The van der Waals surface area contributed by atoms with Gasteiger partial charge in [0.2, 0.25) is 20.7 Å². The van der Waals surface area contributed by atoms with Crippen molar-refractivity contribution < 1.29 is 26.4 Å². The van der Waals surface area contributed by atoms with Gasteiger partial charge < -0.3 is 10.1 Å². The van der Waals surface area contributed by atoms with Crippen LogP contribution in [0.2, 0.25) is 0 Å². The lowest BCUT2D eigenvalue weighted by Gasteiger charge is -2.29. The number of sulfone groups is 1. The van der Waals surface area contributed by atoms with E-state index >= 15 is 0 Å². The molecule has 2 aromatic carbocycles. The highest BCUT2D eigenvalue weighted by Gasteiger charge is 2.51. The van der Waals surface area contributed by atoms with Crippen LogP contribution in [0.4, 0.5) is 0 Å². The minimum atomic E-state index is -4.04. The van der Waals surface area contributed by atoms with E-state index in [1.165, 1.54) is 56.3 Å². The van der Waals surface area contributed by atoms with Gasteiger partial charge in [-0.05, 0) is 35.2 Å². The number of carbonyl (C=O) groups excluding carboxylic acids is 1. The molecule has 0 saturated heterocycles. The predicted molar refractivity (Wildman–Crippen MR) is 189 cm³/mol. The van der Waals surface area contributed by atoms with Crippen LogP contribution in [-0.4, -0.2) is 53.4 Å². The van der Waals surface area contributed by atoms with Crippen LogP contribution in [-0.2, 0) is 40.7 Å². The zero-order valence-corrected chi connectivity index (χ0v) is 30.0. The number of primary sulfonamides is 1. The van der Waals surface area contributed by atoms with Gasteiger partial charge in [0.05, 0.1) is 22.6 Å². The van der Waals surface area contributed by atoms with Crippen LogP contribution in [0.1, 0.15) is 101 Å². The molecule has 12 heteroatoms. The number of benzene rings is 2. The van der Waals surface area contributed by atoms with Gasteiger partial charge >= 0.3 is 0 Å². The molecule has 3 N–H and O–H groups in total. The Labute approximate surface area is 279 Å². The van der Waals surface area contributed by atoms with Gasteiger partial charge in [0.1, 0.15) is 5.01 Å². The second kappa shape index (κ2) is 18.2. The number of thiazole rings is 1. The smallest absolute Gasteiger partial charge is 0.248 e. The normalized spacial score (nSPS) is 13.6. The fraction of sp³-hybridized carbons (Fsp3) is 0.588. The molecule has 9 nitrogen and oxygen atoms in total. The van der Waals surface area contributed by atoms with E-state index in [1.54, 1.807) is 7.11 Å². The SMILES string of the molecule is CCCCCCCCCCCCCCC(C(=O)NCCS(N)(=O)=O)(c1nc2ccc(-c3ccc(COC)cc3)cc2s1)S(C)(=O)=O. The lowest BCUT2D eigenvalue weighted by molar-refractivity contribution is -0.124. The number of sulfonamides is 1. The molecule has 0 radical (unpaired) electrons. The standard InChI is InChI=1S/C34H51N3O6S3/c1-4-5-6-7-8-9-10-11-12-13-14-15-22-34(45(3,39)40,32(38)36-23-24-46(35,41)42)33-37-30-21-20-29(25-31(30)44-33)28-18-16-27(17-19-28)26-43-2/h16-21,25H,4-15,22-24,26H2,1-3H3,(H,36,38)(H2,35,41,42). The summed E-state index contributed by atoms with van der Waals surface area (Å²) in [6.07, 6.45) is 14.5. The molecule has 3 aromatic rings. The van der Waals surface area contributed by atoms with Crippen molar-refractivity contribution in [1.82, 2.24) is 10.3 Å². The van der Waals surface area contributed by atoms with Gasteiger partial charge in [-0.3, -0.25) is 4.79 Å². The highest BCUT2D eigenvalue weighted by atomic mass is 32.2. The number of hydrogen-bond acceptors (Lipinski definition) is 8. The number of unbranched alkanes of at least 4 members (excludes halogenated alkanes) is 11. The van der Waals surface area contributed by atoms with Crippen molar-refractivity contribution in [3.05, 3.63) is 53.0 Å². The predicted octanol–water partition coefficient (Wildman–Crippen LogP) is 6.85. The summed E-state index contributed by atoms with van der Waals surface area (Å²) in [5.41, 5.74) is 3.58. The number of nitrogens with zero attached hydrogens (tertiary/aromatic N) is 1. The summed E-state index contributed by atoms with van der Waals surface area (Å²) < 4.78 is 54.3. The molecule has 0 saturated carbocycles. The fourth-order valence-corrected chi connectivity index (χ4v) is 9.10. The van der Waals surface area contributed by atoms with E-state index in [-0.39, 0.29) is 18.0 Å². The summed E-state index contributed by atoms with van der Waals surface area (Å²) in [6.45, 7) is 2.45. The molecule has 256 valence electrons. The van der Waals surface area contributed by atoms with E-state index in [1.807, 2.05) is 42.5 Å². The summed E-state index contributed by atoms with van der Waals surface area (Å²) in [7, 11) is -6.23. The third kappa shape index (κ3) is 11.1. The number of nitrogens with one attached hydrogen (secondary N) is 1. The number of methoxy groups -OCH3 is 1. The molecule has 0 fully saturated rings. The Balaban J connectivity index is 1.80. The summed E-state index contributed by atoms with van der Waals surface area (Å²) in [4.78, 5) is 18.5.